The number of hydrogen-bond donors (Lipinski definition) is 0. The van der Waals surface area contributed by atoms with Gasteiger partial charge in [0.2, 0.25) is 0 Å². The van der Waals surface area contributed by atoms with Crippen LogP contribution in [-0.2, 0) is 0 Å². The summed E-state index contributed by atoms with van der Waals surface area (Å²) in [5.74, 6) is 0.387. The molecule has 1 atom stereocenters. The van der Waals surface area contributed by atoms with Crippen LogP contribution in [0.4, 0.5) is 0 Å². The average Bonchev–Trinajstić information content (AvgIpc) is 3.65. The second-order valence-electron chi connectivity index (χ2n) is 11.9. The molecule has 2 heteroatoms. The lowest BCUT2D eigenvalue weighted by Gasteiger charge is -2.21. The minimum absolute atomic E-state index is 0.387. The molecule has 3 aliphatic rings. The first kappa shape index (κ1) is 26.1. The summed E-state index contributed by atoms with van der Waals surface area (Å²) in [5, 5.41) is 8.16. The molecule has 1 aromatic heterocycles. The highest BCUT2D eigenvalue weighted by molar-refractivity contribution is 8.03. The van der Waals surface area contributed by atoms with Crippen LogP contribution in [-0.4, -0.2) is 0 Å². The Bertz CT molecular complexity index is 2340. The van der Waals surface area contributed by atoms with E-state index >= 15 is 0 Å². The number of fused-ring (bicyclic) bond motifs is 10. The number of rotatable bonds is 2. The summed E-state index contributed by atoms with van der Waals surface area (Å²) in [6, 6.07) is 40.6. The molecule has 2 aliphatic carbocycles. The highest BCUT2D eigenvalue weighted by Crippen LogP contribution is 2.57. The summed E-state index contributed by atoms with van der Waals surface area (Å²) in [6.07, 6.45) is 14.8. The first-order valence-electron chi connectivity index (χ1n) is 15.5. The van der Waals surface area contributed by atoms with Gasteiger partial charge in [-0.3, -0.25) is 0 Å². The van der Waals surface area contributed by atoms with Crippen molar-refractivity contribution in [2.75, 3.05) is 0 Å². The van der Waals surface area contributed by atoms with Crippen LogP contribution in [0.2, 0.25) is 0 Å². The predicted molar refractivity (Wildman–Crippen MR) is 194 cm³/mol. The molecule has 9 rings (SSSR count). The van der Waals surface area contributed by atoms with Gasteiger partial charge in [-0.1, -0.05) is 145 Å². The monoisotopic (exact) mass is 598 g/mol. The molecule has 44 heavy (non-hydrogen) atoms. The second kappa shape index (κ2) is 10.7. The van der Waals surface area contributed by atoms with Crippen LogP contribution in [0, 0.1) is 0 Å². The van der Waals surface area contributed by atoms with Gasteiger partial charge in [0.15, 0.2) is 0 Å². The number of allylic oxidation sites excluding steroid dienone is 8. The van der Waals surface area contributed by atoms with Gasteiger partial charge >= 0.3 is 0 Å². The van der Waals surface area contributed by atoms with Crippen molar-refractivity contribution in [1.29, 1.82) is 0 Å². The summed E-state index contributed by atoms with van der Waals surface area (Å²) in [6.45, 7) is 0. The fraction of sp³-hybridized carbons (Fsp3) is 0.0952. The van der Waals surface area contributed by atoms with Gasteiger partial charge in [0.1, 0.15) is 0 Å². The minimum atomic E-state index is 0.387. The maximum absolute atomic E-state index is 2.41. The normalized spacial score (nSPS) is 17.3. The smallest absolute Gasteiger partial charge is 0.0445 e. The molecule has 210 valence electrons. The van der Waals surface area contributed by atoms with Crippen molar-refractivity contribution in [3.8, 4) is 0 Å². The largest absolute Gasteiger partial charge is 0.134 e. The van der Waals surface area contributed by atoms with Crippen molar-refractivity contribution in [2.45, 2.75) is 30.1 Å². The van der Waals surface area contributed by atoms with E-state index in [4.69, 9.17) is 0 Å². The van der Waals surface area contributed by atoms with E-state index in [0.717, 1.165) is 19.3 Å². The quantitative estimate of drug-likeness (QED) is 0.191. The number of hydrogen-bond acceptors (Lipinski definition) is 2. The van der Waals surface area contributed by atoms with E-state index in [9.17, 15) is 0 Å². The zero-order valence-electron chi connectivity index (χ0n) is 24.3. The lowest BCUT2D eigenvalue weighted by atomic mass is 9.83. The van der Waals surface area contributed by atoms with Crippen molar-refractivity contribution < 1.29 is 0 Å². The second-order valence-corrected chi connectivity index (χ2v) is 14.0. The van der Waals surface area contributed by atoms with Crippen LogP contribution in [0.15, 0.2) is 149 Å². The van der Waals surface area contributed by atoms with Gasteiger partial charge in [-0.2, -0.15) is 0 Å². The summed E-state index contributed by atoms with van der Waals surface area (Å²) in [4.78, 5) is 2.93. The van der Waals surface area contributed by atoms with Gasteiger partial charge < -0.3 is 0 Å². The molecule has 0 bridgehead atoms. The lowest BCUT2D eigenvalue weighted by Crippen LogP contribution is -2.02. The zero-order valence-corrected chi connectivity index (χ0v) is 25.9. The topological polar surface area (TPSA) is 0 Å². The van der Waals surface area contributed by atoms with Gasteiger partial charge in [0.25, 0.3) is 0 Å². The van der Waals surface area contributed by atoms with Crippen LogP contribution in [0.25, 0.3) is 52.9 Å². The molecule has 0 nitrogen and oxygen atoms in total. The average molecular weight is 599 g/mol. The summed E-state index contributed by atoms with van der Waals surface area (Å²) in [5.41, 5.74) is 6.96. The molecule has 0 amide bonds. The van der Waals surface area contributed by atoms with E-state index in [1.807, 2.05) is 23.1 Å². The molecule has 5 aromatic carbocycles. The van der Waals surface area contributed by atoms with Crippen molar-refractivity contribution >= 4 is 76.0 Å². The highest BCUT2D eigenvalue weighted by Gasteiger charge is 2.33. The molecule has 0 spiro atoms. The van der Waals surface area contributed by atoms with E-state index < -0.39 is 0 Å². The Balaban J connectivity index is 1.20. The van der Waals surface area contributed by atoms with Gasteiger partial charge in [-0.25, -0.2) is 0 Å². The first-order chi connectivity index (χ1) is 21.8. The number of benzene rings is 4. The predicted octanol–water partition coefficient (Wildman–Crippen LogP) is 12.8. The Morgan fingerprint density at radius 3 is 2.11 bits per heavy atom. The number of thiophene rings is 1. The van der Waals surface area contributed by atoms with Crippen LogP contribution in [0.5, 0.6) is 0 Å². The van der Waals surface area contributed by atoms with E-state index in [-0.39, 0.29) is 0 Å². The van der Waals surface area contributed by atoms with Crippen LogP contribution in [0.3, 0.4) is 0 Å². The summed E-state index contributed by atoms with van der Waals surface area (Å²) < 4.78 is 2.79. The Kier molecular flexibility index (Phi) is 6.32. The van der Waals surface area contributed by atoms with Gasteiger partial charge in [0, 0.05) is 36.4 Å². The Morgan fingerprint density at radius 2 is 1.32 bits per heavy atom. The fourth-order valence-corrected chi connectivity index (χ4v) is 9.99. The molecule has 0 saturated heterocycles. The minimum Gasteiger partial charge on any atom is -0.134 e. The standard InChI is InChI=1S/C42H30S2/c1-2-7-15-31(33-17-9-8-16-32(33)30(14-6-1)27-12-4-3-5-13-27)29-22-25-39-37(26-29)36-24-21-28-20-23-35-34-18-10-11-19-38(34)43-41(35)40(28)42(36)44-39/h1-4,6-12,14-25,37H,5,13,26H2. The number of thioether (sulfide) groups is 1. The molecule has 0 radical (unpaired) electrons. The zero-order chi connectivity index (χ0) is 29.0. The molecule has 0 fully saturated rings. The molecule has 1 unspecified atom stereocenters. The van der Waals surface area contributed by atoms with E-state index in [1.54, 1.807) is 0 Å². The highest BCUT2D eigenvalue weighted by atomic mass is 32.2. The van der Waals surface area contributed by atoms with E-state index in [1.165, 1.54) is 79.4 Å². The third kappa shape index (κ3) is 4.20. The van der Waals surface area contributed by atoms with E-state index in [0.29, 0.717) is 5.92 Å². The molecular formula is C42H30S2. The van der Waals surface area contributed by atoms with Crippen LogP contribution in [0.1, 0.15) is 41.9 Å². The Hall–Kier alpha value is -4.37. The molecule has 0 N–H and O–H groups in total. The van der Waals surface area contributed by atoms with Crippen molar-refractivity contribution in [3.63, 3.8) is 0 Å². The fourth-order valence-electron chi connectivity index (χ4n) is 7.29. The molecule has 6 aromatic rings. The lowest BCUT2D eigenvalue weighted by molar-refractivity contribution is 0.854. The van der Waals surface area contributed by atoms with Crippen molar-refractivity contribution in [3.05, 3.63) is 161 Å². The van der Waals surface area contributed by atoms with Crippen molar-refractivity contribution in [1.82, 2.24) is 0 Å². The van der Waals surface area contributed by atoms with Gasteiger partial charge in [-0.05, 0) is 74.2 Å². The maximum atomic E-state index is 2.41. The van der Waals surface area contributed by atoms with Gasteiger partial charge in [-0.15, -0.1) is 11.3 Å². The first-order valence-corrected chi connectivity index (χ1v) is 17.1. The summed E-state index contributed by atoms with van der Waals surface area (Å²) >= 11 is 3.94. The maximum Gasteiger partial charge on any atom is 0.0445 e. The Labute approximate surface area is 266 Å². The third-order valence-corrected chi connectivity index (χ3v) is 11.9. The molecule has 0 saturated carbocycles. The van der Waals surface area contributed by atoms with Crippen LogP contribution < -0.4 is 0 Å². The molecule has 2 heterocycles. The summed E-state index contributed by atoms with van der Waals surface area (Å²) in [7, 11) is 0. The van der Waals surface area contributed by atoms with Gasteiger partial charge in [0.05, 0.1) is 0 Å². The van der Waals surface area contributed by atoms with E-state index in [2.05, 4.69) is 140 Å². The Morgan fingerprint density at radius 1 is 0.591 bits per heavy atom. The third-order valence-electron chi connectivity index (χ3n) is 9.39. The van der Waals surface area contributed by atoms with Crippen molar-refractivity contribution in [2.24, 2.45) is 0 Å². The molecule has 1 aliphatic heterocycles. The van der Waals surface area contributed by atoms with Crippen LogP contribution >= 0.6 is 23.1 Å². The SMILES string of the molecule is C1=CCCC(c2ccccccc(C3=CC=C4Sc5c(ccc6ccc7c8ccccc8sc7c56)C4C3)c3ccccc23)=C1. The molecular weight excluding hydrogens is 569 g/mol.